The molecule has 4 heteroatoms. The number of halogens is 2. The van der Waals surface area contributed by atoms with Gasteiger partial charge in [0.2, 0.25) is 5.91 Å². The van der Waals surface area contributed by atoms with E-state index in [1.807, 2.05) is 38.1 Å². The topological polar surface area (TPSA) is 20.3 Å². The Balaban J connectivity index is 2.77. The van der Waals surface area contributed by atoms with Crippen molar-refractivity contribution in [2.75, 3.05) is 12.9 Å². The average Bonchev–Trinajstić information content (AvgIpc) is 2.31. The van der Waals surface area contributed by atoms with Crippen LogP contribution in [0.3, 0.4) is 0 Å². The summed E-state index contributed by atoms with van der Waals surface area (Å²) < 4.78 is 0. The average molecular weight is 274 g/mol. The van der Waals surface area contributed by atoms with Gasteiger partial charge in [-0.15, -0.1) is 11.6 Å². The molecule has 0 bridgehead atoms. The lowest BCUT2D eigenvalue weighted by Gasteiger charge is -2.27. The first kappa shape index (κ1) is 14.3. The number of benzene rings is 1. The van der Waals surface area contributed by atoms with E-state index in [1.54, 1.807) is 11.9 Å². The minimum Gasteiger partial charge on any atom is -0.341 e. The molecule has 0 radical (unpaired) electrons. The maximum atomic E-state index is 12.1. The number of carbonyl (C=O) groups excluding carboxylic acids is 1. The zero-order valence-electron chi connectivity index (χ0n) is 10.3. The molecule has 17 heavy (non-hydrogen) atoms. The lowest BCUT2D eigenvalue weighted by atomic mass is 9.94. The Hall–Kier alpha value is -0.730. The Morgan fingerprint density at radius 3 is 2.47 bits per heavy atom. The van der Waals surface area contributed by atoms with Gasteiger partial charge in [-0.3, -0.25) is 4.79 Å². The first-order chi connectivity index (χ1) is 7.88. The highest BCUT2D eigenvalue weighted by Crippen LogP contribution is 2.23. The van der Waals surface area contributed by atoms with Crippen LogP contribution in [0, 0.1) is 5.41 Å². The summed E-state index contributed by atoms with van der Waals surface area (Å²) in [6.45, 7) is 4.18. The van der Waals surface area contributed by atoms with Crippen molar-refractivity contribution in [1.29, 1.82) is 0 Å². The van der Waals surface area contributed by atoms with Gasteiger partial charge in [-0.1, -0.05) is 29.8 Å². The van der Waals surface area contributed by atoms with Crippen molar-refractivity contribution in [3.8, 4) is 0 Å². The van der Waals surface area contributed by atoms with Gasteiger partial charge in [0, 0.05) is 24.5 Å². The molecule has 0 unspecified atom stereocenters. The number of hydrogen-bond acceptors (Lipinski definition) is 1. The summed E-state index contributed by atoms with van der Waals surface area (Å²) in [4.78, 5) is 13.8. The number of hydrogen-bond donors (Lipinski definition) is 0. The molecule has 0 saturated carbocycles. The monoisotopic (exact) mass is 273 g/mol. The highest BCUT2D eigenvalue weighted by molar-refractivity contribution is 6.31. The summed E-state index contributed by atoms with van der Waals surface area (Å²) in [7, 11) is 1.76. The van der Waals surface area contributed by atoms with Crippen molar-refractivity contribution in [2.24, 2.45) is 5.41 Å². The van der Waals surface area contributed by atoms with E-state index in [1.165, 1.54) is 0 Å². The molecule has 0 aliphatic rings. The van der Waals surface area contributed by atoms with Gasteiger partial charge < -0.3 is 4.90 Å². The number of rotatable bonds is 4. The maximum Gasteiger partial charge on any atom is 0.229 e. The SMILES string of the molecule is CN(Cc1ccccc1Cl)C(=O)C(C)(C)CCl. The fourth-order valence-electron chi connectivity index (χ4n) is 1.53. The van der Waals surface area contributed by atoms with Crippen molar-refractivity contribution < 1.29 is 4.79 Å². The Bertz CT molecular complexity index is 404. The van der Waals surface area contributed by atoms with Crippen LogP contribution >= 0.6 is 23.2 Å². The standard InChI is InChI=1S/C13H17Cl2NO/c1-13(2,9-14)12(17)16(3)8-10-6-4-5-7-11(10)15/h4-7H,8-9H2,1-3H3. The van der Waals surface area contributed by atoms with Gasteiger partial charge in [-0.05, 0) is 25.5 Å². The van der Waals surface area contributed by atoms with E-state index >= 15 is 0 Å². The van der Waals surface area contributed by atoms with Crippen LogP contribution in [-0.4, -0.2) is 23.7 Å². The molecule has 94 valence electrons. The van der Waals surface area contributed by atoms with Gasteiger partial charge in [0.05, 0.1) is 5.41 Å². The molecular formula is C13H17Cl2NO. The van der Waals surface area contributed by atoms with Crippen LogP contribution in [0.15, 0.2) is 24.3 Å². The molecular weight excluding hydrogens is 257 g/mol. The zero-order chi connectivity index (χ0) is 13.1. The van der Waals surface area contributed by atoms with Crippen molar-refractivity contribution in [3.63, 3.8) is 0 Å². The van der Waals surface area contributed by atoms with Gasteiger partial charge in [0.25, 0.3) is 0 Å². The Morgan fingerprint density at radius 1 is 1.35 bits per heavy atom. The molecule has 0 heterocycles. The van der Waals surface area contributed by atoms with E-state index in [4.69, 9.17) is 23.2 Å². The van der Waals surface area contributed by atoms with Crippen LogP contribution in [-0.2, 0) is 11.3 Å². The van der Waals surface area contributed by atoms with Crippen LogP contribution in [0.5, 0.6) is 0 Å². The third-order valence-electron chi connectivity index (χ3n) is 2.63. The molecule has 1 rings (SSSR count). The van der Waals surface area contributed by atoms with Crippen LogP contribution in [0.25, 0.3) is 0 Å². The van der Waals surface area contributed by atoms with E-state index < -0.39 is 5.41 Å². The van der Waals surface area contributed by atoms with E-state index in [2.05, 4.69) is 0 Å². The van der Waals surface area contributed by atoms with Crippen molar-refractivity contribution in [3.05, 3.63) is 34.9 Å². The fraction of sp³-hybridized carbons (Fsp3) is 0.462. The van der Waals surface area contributed by atoms with Gasteiger partial charge >= 0.3 is 0 Å². The summed E-state index contributed by atoms with van der Waals surface area (Å²) in [5, 5.41) is 0.677. The predicted molar refractivity (Wildman–Crippen MR) is 72.4 cm³/mol. The van der Waals surface area contributed by atoms with Crippen molar-refractivity contribution >= 4 is 29.1 Å². The molecule has 2 nitrogen and oxygen atoms in total. The second kappa shape index (κ2) is 5.74. The van der Waals surface area contributed by atoms with Gasteiger partial charge in [0.1, 0.15) is 0 Å². The van der Waals surface area contributed by atoms with Crippen LogP contribution in [0.4, 0.5) is 0 Å². The van der Waals surface area contributed by atoms with Gasteiger partial charge in [-0.2, -0.15) is 0 Å². The third kappa shape index (κ3) is 3.62. The Labute approximate surface area is 113 Å². The molecule has 0 saturated heterocycles. The number of carbonyl (C=O) groups is 1. The second-order valence-corrected chi connectivity index (χ2v) is 5.44. The molecule has 0 atom stereocenters. The highest BCUT2D eigenvalue weighted by Gasteiger charge is 2.29. The molecule has 1 amide bonds. The quantitative estimate of drug-likeness (QED) is 0.769. The summed E-state index contributed by atoms with van der Waals surface area (Å²) in [6.07, 6.45) is 0. The molecule has 0 aliphatic carbocycles. The molecule has 0 spiro atoms. The second-order valence-electron chi connectivity index (χ2n) is 4.77. The summed E-state index contributed by atoms with van der Waals surface area (Å²) >= 11 is 11.8. The molecule has 0 N–H and O–H groups in total. The summed E-state index contributed by atoms with van der Waals surface area (Å²) in [5.41, 5.74) is 0.396. The minimum absolute atomic E-state index is 0.0208. The predicted octanol–water partition coefficient (Wildman–Crippen LogP) is 3.56. The van der Waals surface area contributed by atoms with Crippen molar-refractivity contribution in [2.45, 2.75) is 20.4 Å². The Morgan fingerprint density at radius 2 is 1.94 bits per heavy atom. The normalized spacial score (nSPS) is 11.4. The van der Waals surface area contributed by atoms with Gasteiger partial charge in [-0.25, -0.2) is 0 Å². The van der Waals surface area contributed by atoms with E-state index in [0.717, 1.165) is 5.56 Å². The highest BCUT2D eigenvalue weighted by atomic mass is 35.5. The van der Waals surface area contributed by atoms with Crippen molar-refractivity contribution in [1.82, 2.24) is 4.90 Å². The first-order valence-corrected chi connectivity index (χ1v) is 6.34. The molecule has 0 fully saturated rings. The molecule has 0 aliphatic heterocycles. The van der Waals surface area contributed by atoms with Crippen LogP contribution in [0.1, 0.15) is 19.4 Å². The van der Waals surface area contributed by atoms with E-state index in [9.17, 15) is 4.79 Å². The van der Waals surface area contributed by atoms with E-state index in [0.29, 0.717) is 17.4 Å². The van der Waals surface area contributed by atoms with Gasteiger partial charge in [0.15, 0.2) is 0 Å². The molecule has 0 aromatic heterocycles. The third-order valence-corrected chi connectivity index (χ3v) is 3.66. The van der Waals surface area contributed by atoms with Crippen LogP contribution in [0.2, 0.25) is 5.02 Å². The first-order valence-electron chi connectivity index (χ1n) is 5.43. The fourth-order valence-corrected chi connectivity index (χ4v) is 1.84. The van der Waals surface area contributed by atoms with E-state index in [-0.39, 0.29) is 5.91 Å². The maximum absolute atomic E-state index is 12.1. The summed E-state index contributed by atoms with van der Waals surface area (Å²) in [6, 6.07) is 7.52. The number of amides is 1. The largest absolute Gasteiger partial charge is 0.341 e. The lowest BCUT2D eigenvalue weighted by molar-refractivity contribution is -0.138. The zero-order valence-corrected chi connectivity index (χ0v) is 11.8. The minimum atomic E-state index is -0.544. The van der Waals surface area contributed by atoms with Crippen LogP contribution < -0.4 is 0 Å². The summed E-state index contributed by atoms with van der Waals surface area (Å²) in [5.74, 6) is 0.325. The molecule has 1 aromatic carbocycles. The number of nitrogens with zero attached hydrogens (tertiary/aromatic N) is 1. The smallest absolute Gasteiger partial charge is 0.229 e. The molecule has 1 aromatic rings. The Kier molecular flexibility index (Phi) is 4.84. The lowest BCUT2D eigenvalue weighted by Crippen LogP contribution is -2.39. The number of alkyl halides is 1.